The van der Waals surface area contributed by atoms with E-state index in [0.29, 0.717) is 29.7 Å². The summed E-state index contributed by atoms with van der Waals surface area (Å²) in [6, 6.07) is 14.7. The lowest BCUT2D eigenvalue weighted by Gasteiger charge is -2.21. The van der Waals surface area contributed by atoms with Crippen LogP contribution in [0.2, 0.25) is 0 Å². The maximum absolute atomic E-state index is 12.8. The lowest BCUT2D eigenvalue weighted by Crippen LogP contribution is -2.33. The monoisotopic (exact) mass is 404 g/mol. The van der Waals surface area contributed by atoms with Gasteiger partial charge in [-0.05, 0) is 43.2 Å². The standard InChI is InChI=1S/C23H24N4O3/c1-2-26(15-20-24-19-7-4-3-6-18(19)23(30)25-20)22(29)14-16-9-11-17(12-10-16)27-13-5-8-21(27)28/h3-4,6-7,9-12H,2,5,8,13-15H2,1H3,(H,24,25,30). The quantitative estimate of drug-likeness (QED) is 0.684. The van der Waals surface area contributed by atoms with Crippen molar-refractivity contribution in [1.29, 1.82) is 0 Å². The molecular formula is C23H24N4O3. The Bertz CT molecular complexity index is 1140. The van der Waals surface area contributed by atoms with Crippen LogP contribution in [0.3, 0.4) is 0 Å². The third-order valence-electron chi connectivity index (χ3n) is 5.41. The molecule has 1 aliphatic rings. The number of likely N-dealkylation sites (N-methyl/N-ethyl adjacent to an activating group) is 1. The molecule has 2 amide bonds. The summed E-state index contributed by atoms with van der Waals surface area (Å²) in [7, 11) is 0. The highest BCUT2D eigenvalue weighted by molar-refractivity contribution is 5.95. The van der Waals surface area contributed by atoms with Gasteiger partial charge in [-0.1, -0.05) is 24.3 Å². The number of fused-ring (bicyclic) bond motifs is 1. The second-order valence-electron chi connectivity index (χ2n) is 7.43. The van der Waals surface area contributed by atoms with E-state index in [1.165, 1.54) is 0 Å². The first-order valence-corrected chi connectivity index (χ1v) is 10.2. The highest BCUT2D eigenvalue weighted by Crippen LogP contribution is 2.22. The maximum atomic E-state index is 12.8. The number of aromatic amines is 1. The van der Waals surface area contributed by atoms with E-state index in [1.807, 2.05) is 37.3 Å². The van der Waals surface area contributed by atoms with Crippen LogP contribution in [0.5, 0.6) is 0 Å². The van der Waals surface area contributed by atoms with Crippen LogP contribution >= 0.6 is 0 Å². The van der Waals surface area contributed by atoms with Gasteiger partial charge in [0.25, 0.3) is 5.56 Å². The summed E-state index contributed by atoms with van der Waals surface area (Å²) in [5.74, 6) is 0.572. The van der Waals surface area contributed by atoms with E-state index >= 15 is 0 Å². The number of rotatable bonds is 6. The molecule has 1 saturated heterocycles. The SMILES string of the molecule is CCN(Cc1nc2ccccc2c(=O)[nH]1)C(=O)Cc1ccc(N2CCCC2=O)cc1. The van der Waals surface area contributed by atoms with Crippen LogP contribution < -0.4 is 10.5 Å². The summed E-state index contributed by atoms with van der Waals surface area (Å²) in [6.07, 6.45) is 1.73. The average molecular weight is 404 g/mol. The highest BCUT2D eigenvalue weighted by atomic mass is 16.2. The molecule has 1 aromatic heterocycles. The number of benzene rings is 2. The molecule has 0 atom stereocenters. The molecule has 1 N–H and O–H groups in total. The highest BCUT2D eigenvalue weighted by Gasteiger charge is 2.21. The lowest BCUT2D eigenvalue weighted by molar-refractivity contribution is -0.131. The van der Waals surface area contributed by atoms with Crippen LogP contribution in [0.1, 0.15) is 31.2 Å². The summed E-state index contributed by atoms with van der Waals surface area (Å²) in [4.78, 5) is 47.7. The Hall–Kier alpha value is -3.48. The van der Waals surface area contributed by atoms with Crippen molar-refractivity contribution in [2.24, 2.45) is 0 Å². The van der Waals surface area contributed by atoms with Gasteiger partial charge in [0.15, 0.2) is 0 Å². The lowest BCUT2D eigenvalue weighted by atomic mass is 10.1. The molecule has 2 heterocycles. The van der Waals surface area contributed by atoms with E-state index < -0.39 is 0 Å². The first-order valence-electron chi connectivity index (χ1n) is 10.2. The fourth-order valence-electron chi connectivity index (χ4n) is 3.77. The van der Waals surface area contributed by atoms with Crippen molar-refractivity contribution in [3.63, 3.8) is 0 Å². The van der Waals surface area contributed by atoms with E-state index in [0.717, 1.165) is 24.2 Å². The molecule has 2 aromatic carbocycles. The van der Waals surface area contributed by atoms with Crippen molar-refractivity contribution >= 4 is 28.4 Å². The van der Waals surface area contributed by atoms with Crippen molar-refractivity contribution < 1.29 is 9.59 Å². The number of carbonyl (C=O) groups is 2. The molecule has 7 nitrogen and oxygen atoms in total. The van der Waals surface area contributed by atoms with Crippen LogP contribution in [-0.4, -0.2) is 39.8 Å². The average Bonchev–Trinajstić information content (AvgIpc) is 3.18. The Labute approximate surface area is 174 Å². The van der Waals surface area contributed by atoms with Gasteiger partial charge in [-0.2, -0.15) is 0 Å². The fourth-order valence-corrected chi connectivity index (χ4v) is 3.77. The number of amides is 2. The zero-order valence-electron chi connectivity index (χ0n) is 16.9. The van der Waals surface area contributed by atoms with Crippen molar-refractivity contribution in [1.82, 2.24) is 14.9 Å². The first kappa shape index (κ1) is 19.8. The molecule has 0 bridgehead atoms. The van der Waals surface area contributed by atoms with Crippen molar-refractivity contribution in [3.05, 3.63) is 70.3 Å². The van der Waals surface area contributed by atoms with Gasteiger partial charge in [0, 0.05) is 25.2 Å². The van der Waals surface area contributed by atoms with Crippen molar-refractivity contribution in [2.75, 3.05) is 18.0 Å². The Morgan fingerprint density at radius 3 is 2.60 bits per heavy atom. The van der Waals surface area contributed by atoms with E-state index in [-0.39, 0.29) is 30.3 Å². The minimum absolute atomic E-state index is 0.0432. The van der Waals surface area contributed by atoms with Crippen LogP contribution in [0.15, 0.2) is 53.3 Å². The van der Waals surface area contributed by atoms with Gasteiger partial charge in [-0.25, -0.2) is 4.98 Å². The number of hydrogen-bond acceptors (Lipinski definition) is 4. The minimum Gasteiger partial charge on any atom is -0.335 e. The Morgan fingerprint density at radius 1 is 1.13 bits per heavy atom. The molecule has 3 aromatic rings. The summed E-state index contributed by atoms with van der Waals surface area (Å²) >= 11 is 0. The number of carbonyl (C=O) groups excluding carboxylic acids is 2. The fraction of sp³-hybridized carbons (Fsp3) is 0.304. The number of para-hydroxylation sites is 1. The molecule has 0 spiro atoms. The van der Waals surface area contributed by atoms with E-state index in [9.17, 15) is 14.4 Å². The van der Waals surface area contributed by atoms with Crippen molar-refractivity contribution in [2.45, 2.75) is 32.7 Å². The van der Waals surface area contributed by atoms with Gasteiger partial charge in [0.05, 0.1) is 23.9 Å². The molecule has 4 rings (SSSR count). The molecule has 0 saturated carbocycles. The topological polar surface area (TPSA) is 86.4 Å². The molecule has 154 valence electrons. The molecule has 1 aliphatic heterocycles. The largest absolute Gasteiger partial charge is 0.335 e. The second kappa shape index (κ2) is 8.49. The molecule has 7 heteroatoms. The van der Waals surface area contributed by atoms with Gasteiger partial charge in [0.2, 0.25) is 11.8 Å². The predicted molar refractivity (Wildman–Crippen MR) is 115 cm³/mol. The summed E-state index contributed by atoms with van der Waals surface area (Å²) in [5.41, 5.74) is 2.17. The van der Waals surface area contributed by atoms with Gasteiger partial charge >= 0.3 is 0 Å². The van der Waals surface area contributed by atoms with Gasteiger partial charge in [-0.15, -0.1) is 0 Å². The van der Waals surface area contributed by atoms with E-state index in [1.54, 1.807) is 28.0 Å². The summed E-state index contributed by atoms with van der Waals surface area (Å²) in [6.45, 7) is 3.41. The predicted octanol–water partition coefficient (Wildman–Crippen LogP) is 2.64. The summed E-state index contributed by atoms with van der Waals surface area (Å²) < 4.78 is 0. The Balaban J connectivity index is 1.45. The van der Waals surface area contributed by atoms with Crippen LogP contribution in [0.4, 0.5) is 5.69 Å². The van der Waals surface area contributed by atoms with Crippen LogP contribution in [0, 0.1) is 0 Å². The second-order valence-corrected chi connectivity index (χ2v) is 7.43. The number of nitrogens with zero attached hydrogens (tertiary/aromatic N) is 3. The van der Waals surface area contributed by atoms with E-state index in [4.69, 9.17) is 0 Å². The van der Waals surface area contributed by atoms with Gasteiger partial charge in [0.1, 0.15) is 5.82 Å². The molecule has 0 radical (unpaired) electrons. The van der Waals surface area contributed by atoms with Gasteiger partial charge in [-0.3, -0.25) is 14.4 Å². The van der Waals surface area contributed by atoms with E-state index in [2.05, 4.69) is 9.97 Å². The number of H-pyrrole nitrogens is 1. The normalized spacial score (nSPS) is 13.8. The van der Waals surface area contributed by atoms with Gasteiger partial charge < -0.3 is 14.8 Å². The number of hydrogen-bond donors (Lipinski definition) is 1. The molecule has 0 unspecified atom stereocenters. The summed E-state index contributed by atoms with van der Waals surface area (Å²) in [5, 5.41) is 0.534. The number of nitrogens with one attached hydrogen (secondary N) is 1. The number of anilines is 1. The van der Waals surface area contributed by atoms with Crippen LogP contribution in [-0.2, 0) is 22.6 Å². The Kier molecular flexibility index (Phi) is 5.61. The zero-order valence-corrected chi connectivity index (χ0v) is 16.9. The zero-order chi connectivity index (χ0) is 21.1. The molecule has 1 fully saturated rings. The third-order valence-corrected chi connectivity index (χ3v) is 5.41. The molecular weight excluding hydrogens is 380 g/mol. The van der Waals surface area contributed by atoms with Crippen LogP contribution in [0.25, 0.3) is 10.9 Å². The third kappa shape index (κ3) is 4.10. The smallest absolute Gasteiger partial charge is 0.258 e. The van der Waals surface area contributed by atoms with Crippen molar-refractivity contribution in [3.8, 4) is 0 Å². The molecule has 0 aliphatic carbocycles. The maximum Gasteiger partial charge on any atom is 0.258 e. The molecule has 30 heavy (non-hydrogen) atoms. The first-order chi connectivity index (χ1) is 14.5. The Morgan fingerprint density at radius 2 is 1.90 bits per heavy atom. The minimum atomic E-state index is -0.203. The number of aromatic nitrogens is 2.